The highest BCUT2D eigenvalue weighted by Crippen LogP contribution is 2.19. The number of fused-ring (bicyclic) bond motifs is 1. The molecular weight excluding hydrogens is 248 g/mol. The van der Waals surface area contributed by atoms with Crippen molar-refractivity contribution in [3.05, 3.63) is 24.4 Å². The van der Waals surface area contributed by atoms with Crippen molar-refractivity contribution in [2.75, 3.05) is 11.9 Å². The van der Waals surface area contributed by atoms with E-state index in [4.69, 9.17) is 0 Å². The molecule has 1 aromatic carbocycles. The zero-order valence-electron chi connectivity index (χ0n) is 12.2. The van der Waals surface area contributed by atoms with Crippen LogP contribution in [0.2, 0.25) is 0 Å². The zero-order valence-corrected chi connectivity index (χ0v) is 12.2. The normalized spacial score (nSPS) is 21.6. The predicted octanol–water partition coefficient (Wildman–Crippen LogP) is 3.29. The van der Waals surface area contributed by atoms with E-state index in [9.17, 15) is 0 Å². The third-order valence-corrected chi connectivity index (χ3v) is 4.16. The van der Waals surface area contributed by atoms with Gasteiger partial charge in [0.2, 0.25) is 0 Å². The molecule has 2 heterocycles. The molecule has 0 bridgehead atoms. The number of anilines is 1. The van der Waals surface area contributed by atoms with Crippen LogP contribution >= 0.6 is 0 Å². The van der Waals surface area contributed by atoms with Gasteiger partial charge in [-0.05, 0) is 50.9 Å². The number of aromatic nitrogens is 2. The van der Waals surface area contributed by atoms with E-state index < -0.39 is 0 Å². The highest BCUT2D eigenvalue weighted by atomic mass is 15.1. The summed E-state index contributed by atoms with van der Waals surface area (Å²) < 4.78 is 0. The molecule has 4 heteroatoms. The zero-order chi connectivity index (χ0) is 13.8. The Morgan fingerprint density at radius 1 is 1.35 bits per heavy atom. The second-order valence-corrected chi connectivity index (χ2v) is 5.95. The van der Waals surface area contributed by atoms with Crippen molar-refractivity contribution in [1.82, 2.24) is 15.5 Å². The minimum atomic E-state index is 0.478. The fraction of sp³-hybridized carbons (Fsp3) is 0.562. The van der Waals surface area contributed by atoms with Gasteiger partial charge in [-0.2, -0.15) is 5.10 Å². The maximum atomic E-state index is 4.06. The van der Waals surface area contributed by atoms with Gasteiger partial charge < -0.3 is 10.6 Å². The van der Waals surface area contributed by atoms with Gasteiger partial charge in [-0.3, -0.25) is 5.10 Å². The monoisotopic (exact) mass is 272 g/mol. The number of nitrogens with one attached hydrogen (secondary N) is 3. The minimum absolute atomic E-state index is 0.478. The molecule has 4 nitrogen and oxygen atoms in total. The van der Waals surface area contributed by atoms with Crippen LogP contribution in [0, 0.1) is 0 Å². The third-order valence-electron chi connectivity index (χ3n) is 4.16. The van der Waals surface area contributed by atoms with Crippen LogP contribution in [0.15, 0.2) is 24.4 Å². The Morgan fingerprint density at radius 3 is 3.25 bits per heavy atom. The molecule has 3 rings (SSSR count). The standard InChI is InChI=1S/C16H24N4/c1-12(9-14-5-3-2-4-8-17-14)19-15-7-6-13-11-18-20-16(13)10-15/h6-7,10-12,14,17,19H,2-5,8-9H2,1H3,(H,18,20). The summed E-state index contributed by atoms with van der Waals surface area (Å²) in [6.07, 6.45) is 8.42. The van der Waals surface area contributed by atoms with E-state index >= 15 is 0 Å². The van der Waals surface area contributed by atoms with Crippen molar-refractivity contribution < 1.29 is 0 Å². The van der Waals surface area contributed by atoms with Gasteiger partial charge in [-0.15, -0.1) is 0 Å². The second-order valence-electron chi connectivity index (χ2n) is 5.95. The predicted molar refractivity (Wildman–Crippen MR) is 84.1 cm³/mol. The fourth-order valence-electron chi connectivity index (χ4n) is 3.10. The molecule has 2 atom stereocenters. The SMILES string of the molecule is CC(CC1CCCCCN1)Nc1ccc2cn[nH]c2c1. The summed E-state index contributed by atoms with van der Waals surface area (Å²) in [6, 6.07) is 7.52. The summed E-state index contributed by atoms with van der Waals surface area (Å²) in [5.41, 5.74) is 2.26. The van der Waals surface area contributed by atoms with Gasteiger partial charge in [0, 0.05) is 23.2 Å². The Balaban J connectivity index is 1.58. The van der Waals surface area contributed by atoms with Crippen molar-refractivity contribution in [2.24, 2.45) is 0 Å². The molecule has 108 valence electrons. The van der Waals surface area contributed by atoms with Crippen LogP contribution in [0.3, 0.4) is 0 Å². The summed E-state index contributed by atoms with van der Waals surface area (Å²) in [7, 11) is 0. The molecule has 1 aromatic heterocycles. The molecule has 20 heavy (non-hydrogen) atoms. The van der Waals surface area contributed by atoms with Gasteiger partial charge in [0.15, 0.2) is 0 Å². The van der Waals surface area contributed by atoms with Gasteiger partial charge >= 0.3 is 0 Å². The first-order valence-electron chi connectivity index (χ1n) is 7.74. The van der Waals surface area contributed by atoms with Crippen LogP contribution in [0.4, 0.5) is 5.69 Å². The Hall–Kier alpha value is -1.55. The number of nitrogens with zero attached hydrogens (tertiary/aromatic N) is 1. The molecule has 3 N–H and O–H groups in total. The van der Waals surface area contributed by atoms with Gasteiger partial charge in [0.1, 0.15) is 0 Å². The van der Waals surface area contributed by atoms with E-state index in [1.807, 2.05) is 6.20 Å². The maximum absolute atomic E-state index is 4.06. The highest BCUT2D eigenvalue weighted by molar-refractivity contribution is 5.81. The van der Waals surface area contributed by atoms with E-state index in [2.05, 4.69) is 46.0 Å². The first-order chi connectivity index (χ1) is 9.81. The molecule has 0 spiro atoms. The van der Waals surface area contributed by atoms with Crippen LogP contribution in [-0.4, -0.2) is 28.8 Å². The van der Waals surface area contributed by atoms with Gasteiger partial charge in [-0.1, -0.05) is 12.8 Å². The second kappa shape index (κ2) is 6.27. The van der Waals surface area contributed by atoms with Crippen LogP contribution in [0.1, 0.15) is 39.0 Å². The molecule has 0 radical (unpaired) electrons. The first-order valence-corrected chi connectivity index (χ1v) is 7.74. The topological polar surface area (TPSA) is 52.7 Å². The molecule has 2 aromatic rings. The highest BCUT2D eigenvalue weighted by Gasteiger charge is 2.14. The van der Waals surface area contributed by atoms with E-state index in [0.29, 0.717) is 12.1 Å². The van der Waals surface area contributed by atoms with Crippen molar-refractivity contribution in [1.29, 1.82) is 0 Å². The molecule has 2 unspecified atom stereocenters. The average molecular weight is 272 g/mol. The van der Waals surface area contributed by atoms with Crippen LogP contribution in [0.25, 0.3) is 10.9 Å². The van der Waals surface area contributed by atoms with Crippen molar-refractivity contribution in [3.8, 4) is 0 Å². The van der Waals surface area contributed by atoms with Crippen LogP contribution in [-0.2, 0) is 0 Å². The molecule has 1 saturated heterocycles. The van der Waals surface area contributed by atoms with Gasteiger partial charge in [-0.25, -0.2) is 0 Å². The van der Waals surface area contributed by atoms with E-state index in [0.717, 1.165) is 10.9 Å². The van der Waals surface area contributed by atoms with Crippen LogP contribution < -0.4 is 10.6 Å². The number of benzene rings is 1. The molecular formula is C16H24N4. The lowest BCUT2D eigenvalue weighted by atomic mass is 10.0. The smallest absolute Gasteiger partial charge is 0.0670 e. The lowest BCUT2D eigenvalue weighted by molar-refractivity contribution is 0.456. The minimum Gasteiger partial charge on any atom is -0.382 e. The lowest BCUT2D eigenvalue weighted by Crippen LogP contribution is -2.33. The van der Waals surface area contributed by atoms with E-state index in [-0.39, 0.29) is 0 Å². The molecule has 1 aliphatic heterocycles. The first kappa shape index (κ1) is 13.4. The average Bonchev–Trinajstić information content (AvgIpc) is 2.75. The Kier molecular flexibility index (Phi) is 4.21. The quantitative estimate of drug-likeness (QED) is 0.800. The molecule has 0 amide bonds. The lowest BCUT2D eigenvalue weighted by Gasteiger charge is -2.22. The maximum Gasteiger partial charge on any atom is 0.0670 e. The molecule has 1 fully saturated rings. The Labute approximate surface area is 120 Å². The Morgan fingerprint density at radius 2 is 2.30 bits per heavy atom. The van der Waals surface area contributed by atoms with Gasteiger partial charge in [0.25, 0.3) is 0 Å². The largest absolute Gasteiger partial charge is 0.382 e. The van der Waals surface area contributed by atoms with E-state index in [1.165, 1.54) is 44.3 Å². The van der Waals surface area contributed by atoms with Crippen molar-refractivity contribution in [2.45, 2.75) is 51.1 Å². The molecule has 0 saturated carbocycles. The summed E-state index contributed by atoms with van der Waals surface area (Å²) >= 11 is 0. The number of rotatable bonds is 4. The van der Waals surface area contributed by atoms with E-state index in [1.54, 1.807) is 0 Å². The summed E-state index contributed by atoms with van der Waals surface area (Å²) in [5.74, 6) is 0. The van der Waals surface area contributed by atoms with Crippen molar-refractivity contribution in [3.63, 3.8) is 0 Å². The fourth-order valence-corrected chi connectivity index (χ4v) is 3.10. The van der Waals surface area contributed by atoms with Gasteiger partial charge in [0.05, 0.1) is 11.7 Å². The molecule has 1 aliphatic rings. The van der Waals surface area contributed by atoms with Crippen molar-refractivity contribution >= 4 is 16.6 Å². The number of hydrogen-bond donors (Lipinski definition) is 3. The number of aromatic amines is 1. The third kappa shape index (κ3) is 3.31. The summed E-state index contributed by atoms with van der Waals surface area (Å²) in [6.45, 7) is 3.45. The number of H-pyrrole nitrogens is 1. The molecule has 0 aliphatic carbocycles. The summed E-state index contributed by atoms with van der Waals surface area (Å²) in [4.78, 5) is 0. The van der Waals surface area contributed by atoms with Crippen LogP contribution in [0.5, 0.6) is 0 Å². The Bertz CT molecular complexity index is 540. The number of hydrogen-bond acceptors (Lipinski definition) is 3. The summed E-state index contributed by atoms with van der Waals surface area (Å²) in [5, 5.41) is 15.5.